The zero-order chi connectivity index (χ0) is 18.6. The second-order valence-electron chi connectivity index (χ2n) is 6.05. The lowest BCUT2D eigenvalue weighted by molar-refractivity contribution is -0.119. The van der Waals surface area contributed by atoms with Crippen LogP contribution in [0.3, 0.4) is 0 Å². The van der Waals surface area contributed by atoms with Crippen molar-refractivity contribution in [2.24, 2.45) is 0 Å². The van der Waals surface area contributed by atoms with Gasteiger partial charge in [-0.3, -0.25) is 4.79 Å². The summed E-state index contributed by atoms with van der Waals surface area (Å²) in [7, 11) is -3.74. The van der Waals surface area contributed by atoms with Gasteiger partial charge in [0.2, 0.25) is 15.9 Å². The molecule has 1 N–H and O–H groups in total. The zero-order valence-corrected chi connectivity index (χ0v) is 15.8. The third kappa shape index (κ3) is 4.46. The fraction of sp³-hybridized carbons (Fsp3) is 0.316. The SMILES string of the molecule is CCN([C@H](C)C(=O)Nc1ccc(C)cc1)S(=O)(=O)c1ccc(C)cc1. The van der Waals surface area contributed by atoms with Crippen molar-refractivity contribution in [1.29, 1.82) is 0 Å². The second kappa shape index (κ2) is 7.80. The molecule has 25 heavy (non-hydrogen) atoms. The quantitative estimate of drug-likeness (QED) is 0.859. The maximum atomic E-state index is 12.9. The molecule has 1 atom stereocenters. The van der Waals surface area contributed by atoms with Gasteiger partial charge in [0.25, 0.3) is 0 Å². The molecule has 0 saturated heterocycles. The highest BCUT2D eigenvalue weighted by molar-refractivity contribution is 7.89. The summed E-state index contributed by atoms with van der Waals surface area (Å²) in [5, 5.41) is 2.77. The average molecular weight is 360 g/mol. The first-order valence-electron chi connectivity index (χ1n) is 8.21. The van der Waals surface area contributed by atoms with Crippen LogP contribution < -0.4 is 5.32 Å². The van der Waals surface area contributed by atoms with Gasteiger partial charge < -0.3 is 5.32 Å². The molecule has 0 fully saturated rings. The summed E-state index contributed by atoms with van der Waals surface area (Å²) in [4.78, 5) is 12.7. The predicted octanol–water partition coefficient (Wildman–Crippen LogP) is 3.34. The molecule has 0 aromatic heterocycles. The number of hydrogen-bond donors (Lipinski definition) is 1. The van der Waals surface area contributed by atoms with E-state index < -0.39 is 16.1 Å². The Kier molecular flexibility index (Phi) is 5.98. The lowest BCUT2D eigenvalue weighted by Gasteiger charge is -2.26. The number of likely N-dealkylation sites (N-methyl/N-ethyl adjacent to an activating group) is 1. The molecule has 2 rings (SSSR count). The number of hydrogen-bond acceptors (Lipinski definition) is 3. The molecule has 2 aromatic rings. The van der Waals surface area contributed by atoms with Gasteiger partial charge in [-0.25, -0.2) is 8.42 Å². The number of aryl methyl sites for hydroxylation is 2. The van der Waals surface area contributed by atoms with E-state index in [4.69, 9.17) is 0 Å². The number of amides is 1. The van der Waals surface area contributed by atoms with Crippen LogP contribution in [0.4, 0.5) is 5.69 Å². The minimum absolute atomic E-state index is 0.190. The largest absolute Gasteiger partial charge is 0.325 e. The molecular weight excluding hydrogens is 336 g/mol. The monoisotopic (exact) mass is 360 g/mol. The van der Waals surface area contributed by atoms with Gasteiger partial charge in [0, 0.05) is 12.2 Å². The van der Waals surface area contributed by atoms with Crippen LogP contribution in [0.25, 0.3) is 0 Å². The molecule has 5 nitrogen and oxygen atoms in total. The average Bonchev–Trinajstić information content (AvgIpc) is 2.57. The summed E-state index contributed by atoms with van der Waals surface area (Å²) in [6, 6.07) is 13.2. The van der Waals surface area contributed by atoms with Gasteiger partial charge in [0.15, 0.2) is 0 Å². The van der Waals surface area contributed by atoms with Gasteiger partial charge in [0.05, 0.1) is 4.90 Å². The molecule has 0 aliphatic rings. The third-order valence-corrected chi connectivity index (χ3v) is 6.13. The molecule has 2 aromatic carbocycles. The maximum Gasteiger partial charge on any atom is 0.243 e. The Morgan fingerprint density at radius 1 is 1.00 bits per heavy atom. The highest BCUT2D eigenvalue weighted by Crippen LogP contribution is 2.20. The lowest BCUT2D eigenvalue weighted by Crippen LogP contribution is -2.45. The van der Waals surface area contributed by atoms with Gasteiger partial charge in [0.1, 0.15) is 6.04 Å². The fourth-order valence-electron chi connectivity index (χ4n) is 2.51. The van der Waals surface area contributed by atoms with E-state index in [2.05, 4.69) is 5.32 Å². The van der Waals surface area contributed by atoms with Crippen LogP contribution in [0.1, 0.15) is 25.0 Å². The van der Waals surface area contributed by atoms with Crippen LogP contribution in [-0.4, -0.2) is 31.2 Å². The Morgan fingerprint density at radius 3 is 1.96 bits per heavy atom. The number of carbonyl (C=O) groups excluding carboxylic acids is 1. The number of anilines is 1. The first kappa shape index (κ1) is 19.1. The van der Waals surface area contributed by atoms with Crippen LogP contribution in [0.5, 0.6) is 0 Å². The summed E-state index contributed by atoms with van der Waals surface area (Å²) in [5.41, 5.74) is 2.71. The summed E-state index contributed by atoms with van der Waals surface area (Å²) in [6.07, 6.45) is 0. The van der Waals surface area contributed by atoms with E-state index >= 15 is 0 Å². The minimum atomic E-state index is -3.74. The van der Waals surface area contributed by atoms with Gasteiger partial charge in [-0.2, -0.15) is 4.31 Å². The predicted molar refractivity (Wildman–Crippen MR) is 100 cm³/mol. The normalized spacial score (nSPS) is 12.8. The molecule has 0 unspecified atom stereocenters. The lowest BCUT2D eigenvalue weighted by atomic mass is 10.2. The Hall–Kier alpha value is -2.18. The van der Waals surface area contributed by atoms with E-state index in [1.165, 1.54) is 4.31 Å². The highest BCUT2D eigenvalue weighted by atomic mass is 32.2. The summed E-state index contributed by atoms with van der Waals surface area (Å²) >= 11 is 0. The molecular formula is C19H24N2O3S. The fourth-order valence-corrected chi connectivity index (χ4v) is 4.11. The van der Waals surface area contributed by atoms with Gasteiger partial charge in [-0.15, -0.1) is 0 Å². The van der Waals surface area contributed by atoms with Crippen molar-refractivity contribution < 1.29 is 13.2 Å². The molecule has 0 heterocycles. The molecule has 1 amide bonds. The smallest absolute Gasteiger partial charge is 0.243 e. The molecule has 0 radical (unpaired) electrons. The molecule has 0 spiro atoms. The van der Waals surface area contributed by atoms with Crippen molar-refractivity contribution >= 4 is 21.6 Å². The Labute approximate surface area is 149 Å². The van der Waals surface area contributed by atoms with E-state index in [0.29, 0.717) is 5.69 Å². The van der Waals surface area contributed by atoms with Gasteiger partial charge in [-0.1, -0.05) is 42.3 Å². The number of carbonyl (C=O) groups is 1. The van der Waals surface area contributed by atoms with Crippen molar-refractivity contribution in [2.45, 2.75) is 38.6 Å². The number of nitrogens with zero attached hydrogens (tertiary/aromatic N) is 1. The Balaban J connectivity index is 2.21. The molecule has 0 saturated carbocycles. The van der Waals surface area contributed by atoms with Crippen LogP contribution in [0, 0.1) is 13.8 Å². The van der Waals surface area contributed by atoms with Crippen molar-refractivity contribution in [2.75, 3.05) is 11.9 Å². The number of nitrogens with one attached hydrogen (secondary N) is 1. The number of rotatable bonds is 6. The van der Waals surface area contributed by atoms with E-state index in [-0.39, 0.29) is 17.3 Å². The summed E-state index contributed by atoms with van der Waals surface area (Å²) < 4.78 is 26.9. The standard InChI is InChI=1S/C19H24N2O3S/c1-5-21(25(23,24)18-12-8-15(3)9-13-18)16(4)19(22)20-17-10-6-14(2)7-11-17/h6-13,16H,5H2,1-4H3,(H,20,22)/t16-/m1/s1. The van der Waals surface area contributed by atoms with E-state index in [9.17, 15) is 13.2 Å². The molecule has 0 bridgehead atoms. The highest BCUT2D eigenvalue weighted by Gasteiger charge is 2.31. The summed E-state index contributed by atoms with van der Waals surface area (Å²) in [5.74, 6) is -0.360. The van der Waals surface area contributed by atoms with Crippen LogP contribution in [0.15, 0.2) is 53.4 Å². The molecule has 134 valence electrons. The maximum absolute atomic E-state index is 12.9. The van der Waals surface area contributed by atoms with Crippen LogP contribution in [-0.2, 0) is 14.8 Å². The summed E-state index contributed by atoms with van der Waals surface area (Å²) in [6.45, 7) is 7.38. The zero-order valence-electron chi connectivity index (χ0n) is 15.0. The number of sulfonamides is 1. The van der Waals surface area contributed by atoms with Crippen LogP contribution >= 0.6 is 0 Å². The van der Waals surface area contributed by atoms with E-state index in [0.717, 1.165) is 11.1 Å². The van der Waals surface area contributed by atoms with Gasteiger partial charge >= 0.3 is 0 Å². The minimum Gasteiger partial charge on any atom is -0.325 e. The van der Waals surface area contributed by atoms with E-state index in [1.807, 2.05) is 26.0 Å². The Bertz CT molecular complexity index is 828. The molecule has 0 aliphatic heterocycles. The van der Waals surface area contributed by atoms with Crippen molar-refractivity contribution in [3.05, 3.63) is 59.7 Å². The molecule has 0 aliphatic carbocycles. The van der Waals surface area contributed by atoms with E-state index in [1.54, 1.807) is 50.2 Å². The second-order valence-corrected chi connectivity index (χ2v) is 7.94. The van der Waals surface area contributed by atoms with Crippen LogP contribution in [0.2, 0.25) is 0 Å². The molecule has 6 heteroatoms. The van der Waals surface area contributed by atoms with Gasteiger partial charge in [-0.05, 0) is 45.0 Å². The number of benzene rings is 2. The topological polar surface area (TPSA) is 66.5 Å². The van der Waals surface area contributed by atoms with Crippen molar-refractivity contribution in [3.63, 3.8) is 0 Å². The Morgan fingerprint density at radius 2 is 1.48 bits per heavy atom. The van der Waals surface area contributed by atoms with Crippen molar-refractivity contribution in [3.8, 4) is 0 Å². The first-order chi connectivity index (χ1) is 11.8. The van der Waals surface area contributed by atoms with Crippen molar-refractivity contribution in [1.82, 2.24) is 4.31 Å². The third-order valence-electron chi connectivity index (χ3n) is 4.07. The first-order valence-corrected chi connectivity index (χ1v) is 9.65.